The van der Waals surface area contributed by atoms with Crippen molar-refractivity contribution in [2.45, 2.75) is 24.0 Å². The number of ether oxygens (including phenoxy) is 3. The van der Waals surface area contributed by atoms with Crippen LogP contribution >= 0.6 is 23.2 Å². The number of imidazole rings is 2. The van der Waals surface area contributed by atoms with Gasteiger partial charge in [0.1, 0.15) is 40.3 Å². The van der Waals surface area contributed by atoms with Crippen molar-refractivity contribution in [3.8, 4) is 34.3 Å². The van der Waals surface area contributed by atoms with E-state index in [-0.39, 0.29) is 18.8 Å². The lowest BCUT2D eigenvalue weighted by Gasteiger charge is -2.50. The molecule has 3 aliphatic rings. The molecule has 20 nitrogen and oxygen atoms in total. The zero-order chi connectivity index (χ0) is 50.2. The molecule has 3 aliphatic heterocycles. The minimum Gasteiger partial charge on any atom is -0.495 e. The van der Waals surface area contributed by atoms with Gasteiger partial charge in [-0.15, -0.1) is 0 Å². The van der Waals surface area contributed by atoms with Crippen LogP contribution in [0.2, 0.25) is 10.0 Å². The van der Waals surface area contributed by atoms with Crippen molar-refractivity contribution < 1.29 is 24.1 Å². The van der Waals surface area contributed by atoms with Crippen molar-refractivity contribution in [3.63, 3.8) is 0 Å². The van der Waals surface area contributed by atoms with Crippen LogP contribution in [0.5, 0.6) is 11.5 Å². The average molecular weight is 1030 g/mol. The number of carbonyl (C=O) groups excluding carboxylic acids is 1. The van der Waals surface area contributed by atoms with Crippen LogP contribution in [-0.2, 0) is 9.53 Å². The third kappa shape index (κ3) is 9.42. The van der Waals surface area contributed by atoms with Crippen LogP contribution in [0.3, 0.4) is 0 Å². The topological polar surface area (TPSA) is 200 Å². The number of aliphatic hydroxyl groups is 1. The van der Waals surface area contributed by atoms with E-state index < -0.39 is 11.8 Å². The maximum absolute atomic E-state index is 13.2. The fourth-order valence-corrected chi connectivity index (χ4v) is 10.6. The molecule has 6 aromatic heterocycles. The molecule has 4 unspecified atom stereocenters. The van der Waals surface area contributed by atoms with Crippen molar-refractivity contribution in [1.82, 2.24) is 53.8 Å². The third-order valence-electron chi connectivity index (χ3n) is 13.9. The number of rotatable bonds is 16. The number of aldehydes is 1. The van der Waals surface area contributed by atoms with Crippen LogP contribution in [0.25, 0.3) is 34.1 Å². The van der Waals surface area contributed by atoms with Gasteiger partial charge in [0.25, 0.3) is 0 Å². The Kier molecular flexibility index (Phi) is 13.4. The van der Waals surface area contributed by atoms with Gasteiger partial charge in [0.2, 0.25) is 11.9 Å². The summed E-state index contributed by atoms with van der Waals surface area (Å²) in [4.78, 5) is 49.4. The number of hydrogen-bond donors (Lipinski definition) is 4. The molecular weight excluding hydrogens is 974 g/mol. The summed E-state index contributed by atoms with van der Waals surface area (Å²) in [6.45, 7) is 4.98. The molecule has 0 saturated carbocycles. The number of carbonyl (C=O) groups is 1. The van der Waals surface area contributed by atoms with Crippen molar-refractivity contribution in [3.05, 3.63) is 120 Å². The highest BCUT2D eigenvalue weighted by molar-refractivity contribution is 6.33. The Hall–Kier alpha value is -7.17. The molecule has 3 saturated heterocycles. The molecule has 0 aliphatic carbocycles. The van der Waals surface area contributed by atoms with Gasteiger partial charge in [-0.3, -0.25) is 28.7 Å². The summed E-state index contributed by atoms with van der Waals surface area (Å²) >= 11 is 13.2. The van der Waals surface area contributed by atoms with Gasteiger partial charge in [0.15, 0.2) is 11.9 Å². The number of morpholine rings is 2. The molecule has 0 spiro atoms. The molecule has 3 fully saturated rings. The summed E-state index contributed by atoms with van der Waals surface area (Å²) in [6.07, 6.45) is 10.0. The summed E-state index contributed by atoms with van der Waals surface area (Å²) < 4.78 is 21.9. The van der Waals surface area contributed by atoms with E-state index in [4.69, 9.17) is 47.4 Å². The van der Waals surface area contributed by atoms with Gasteiger partial charge in [-0.1, -0.05) is 35.3 Å². The fourth-order valence-electron chi connectivity index (χ4n) is 10.2. The SMILES string of the molecule is CNC(C=O)(C(O)CN1CC2CN(c3ccc(Nc4ncc(Cl)c(-c5cnc6ccccn56)n4)c(OC)c3)CC(C1)O2)N1CCN(c2ccc(OC)c(Nc3ncc(Cl)c(-c4cnc5ccccn45)n3)c2)CC1. The van der Waals surface area contributed by atoms with E-state index in [9.17, 15) is 9.90 Å². The van der Waals surface area contributed by atoms with Gasteiger partial charge in [-0.05, 0) is 61.6 Å². The van der Waals surface area contributed by atoms with Crippen LogP contribution in [0.1, 0.15) is 0 Å². The first kappa shape index (κ1) is 48.1. The summed E-state index contributed by atoms with van der Waals surface area (Å²) in [6, 6.07) is 23.4. The molecule has 22 heteroatoms. The molecule has 0 amide bonds. The van der Waals surface area contributed by atoms with Crippen molar-refractivity contribution in [2.24, 2.45) is 0 Å². The highest BCUT2D eigenvalue weighted by Gasteiger charge is 2.46. The Morgan fingerprint density at radius 1 is 0.712 bits per heavy atom. The standard InChI is InChI=1S/C51H53Cl2N15O5/c1-54-51(31-69,66-18-16-64(17-19-66)32-11-13-42(71-2)39(20-32)60-50-58-23-37(53)48(62-50)41-25-56-46-9-5-7-15-68(41)46)44(70)30-63-26-34-28-65(29-35(27-63)73-34)33-10-12-38(43(21-33)72-3)59-49-57-22-36(52)47(61-49)40-24-55-45-8-4-6-14-67(40)45/h4-15,20-25,31,34-35,44,54,70H,16-19,26-30H2,1-3H3,(H,57,59,61)(H,58,60,62). The molecule has 11 rings (SSSR count). The quantitative estimate of drug-likeness (QED) is 0.0834. The summed E-state index contributed by atoms with van der Waals surface area (Å²) in [7, 11) is 4.98. The molecule has 8 aromatic rings. The number of aromatic nitrogens is 8. The summed E-state index contributed by atoms with van der Waals surface area (Å²) in [5, 5.41) is 22.7. The molecular formula is C51H53Cl2N15O5. The number of anilines is 6. The normalized spacial score (nSPS) is 18.7. The first-order valence-electron chi connectivity index (χ1n) is 23.9. The van der Waals surface area contributed by atoms with Gasteiger partial charge >= 0.3 is 0 Å². The van der Waals surface area contributed by atoms with E-state index in [0.717, 1.165) is 40.3 Å². The number of pyridine rings is 2. The molecule has 4 atom stereocenters. The molecule has 2 aromatic carbocycles. The Balaban J connectivity index is 0.713. The number of hydrogen-bond acceptors (Lipinski definition) is 18. The number of nitrogens with zero attached hydrogens (tertiary/aromatic N) is 12. The average Bonchev–Trinajstić information content (AvgIpc) is 4.05. The smallest absolute Gasteiger partial charge is 0.227 e. The maximum Gasteiger partial charge on any atom is 0.227 e. The van der Waals surface area contributed by atoms with E-state index in [1.165, 1.54) is 0 Å². The number of nitrogens with one attached hydrogen (secondary N) is 3. The Morgan fingerprint density at radius 2 is 1.29 bits per heavy atom. The second-order valence-corrected chi connectivity index (χ2v) is 18.9. The first-order valence-corrected chi connectivity index (χ1v) is 24.6. The molecule has 2 bridgehead atoms. The van der Waals surface area contributed by atoms with Gasteiger partial charge in [0, 0.05) is 88.7 Å². The van der Waals surface area contributed by atoms with E-state index in [2.05, 4.69) is 50.6 Å². The number of halogens is 2. The van der Waals surface area contributed by atoms with Crippen LogP contribution in [0, 0.1) is 0 Å². The van der Waals surface area contributed by atoms with Crippen molar-refractivity contribution in [2.75, 3.05) is 101 Å². The Labute approximate surface area is 430 Å². The number of piperazine rings is 1. The zero-order valence-corrected chi connectivity index (χ0v) is 41.8. The van der Waals surface area contributed by atoms with Gasteiger partial charge < -0.3 is 39.8 Å². The Morgan fingerprint density at radius 3 is 1.86 bits per heavy atom. The van der Waals surface area contributed by atoms with Crippen molar-refractivity contribution >= 4 is 75.4 Å². The molecule has 376 valence electrons. The number of β-amino-alcohol motifs (C(OH)–C–C–N with tert-alkyl or cyclic N) is 1. The van der Waals surface area contributed by atoms with E-state index in [0.29, 0.717) is 109 Å². The minimum atomic E-state index is -1.30. The number of benzene rings is 2. The largest absolute Gasteiger partial charge is 0.495 e. The van der Waals surface area contributed by atoms with Crippen molar-refractivity contribution in [1.29, 1.82) is 0 Å². The van der Waals surface area contributed by atoms with E-state index in [1.54, 1.807) is 46.1 Å². The van der Waals surface area contributed by atoms with Gasteiger partial charge in [-0.25, -0.2) is 29.9 Å². The van der Waals surface area contributed by atoms with Crippen LogP contribution in [0.4, 0.5) is 34.6 Å². The number of fused-ring (bicyclic) bond motifs is 4. The number of likely N-dealkylation sites (N-methyl/N-ethyl adjacent to an activating group) is 1. The molecule has 9 heterocycles. The first-order chi connectivity index (χ1) is 35.6. The second-order valence-electron chi connectivity index (χ2n) is 18.1. The van der Waals surface area contributed by atoms with Gasteiger partial charge in [-0.2, -0.15) is 0 Å². The molecule has 4 N–H and O–H groups in total. The lowest BCUT2D eigenvalue weighted by Crippen LogP contribution is -2.71. The summed E-state index contributed by atoms with van der Waals surface area (Å²) in [5.74, 6) is 1.93. The summed E-state index contributed by atoms with van der Waals surface area (Å²) in [5.41, 5.74) is 6.12. The molecule has 0 radical (unpaired) electrons. The van der Waals surface area contributed by atoms with Gasteiger partial charge in [0.05, 0.1) is 84.0 Å². The number of aliphatic hydroxyl groups excluding tert-OH is 1. The van der Waals surface area contributed by atoms with Crippen LogP contribution < -0.4 is 35.2 Å². The lowest BCUT2D eigenvalue weighted by atomic mass is 9.99. The lowest BCUT2D eigenvalue weighted by molar-refractivity contribution is -0.138. The third-order valence-corrected chi connectivity index (χ3v) is 14.4. The predicted octanol–water partition coefficient (Wildman–Crippen LogP) is 5.89. The predicted molar refractivity (Wildman–Crippen MR) is 280 cm³/mol. The van der Waals surface area contributed by atoms with E-state index >= 15 is 0 Å². The second kappa shape index (κ2) is 20.4. The Bertz CT molecular complexity index is 3280. The minimum absolute atomic E-state index is 0.123. The monoisotopic (exact) mass is 1030 g/mol. The van der Waals surface area contributed by atoms with E-state index in [1.807, 2.05) is 98.9 Å². The highest BCUT2D eigenvalue weighted by atomic mass is 35.5. The van der Waals surface area contributed by atoms with Crippen LogP contribution in [0.15, 0.2) is 110 Å². The zero-order valence-electron chi connectivity index (χ0n) is 40.3. The number of methoxy groups -OCH3 is 2. The van der Waals surface area contributed by atoms with Crippen LogP contribution in [-0.4, -0.2) is 164 Å². The maximum atomic E-state index is 13.2. The fraction of sp³-hybridized carbons (Fsp3) is 0.314. The highest BCUT2D eigenvalue weighted by Crippen LogP contribution is 2.37. The molecule has 73 heavy (non-hydrogen) atoms.